The summed E-state index contributed by atoms with van der Waals surface area (Å²) < 4.78 is 38.9. The van der Waals surface area contributed by atoms with Crippen LogP contribution in [0.3, 0.4) is 0 Å². The summed E-state index contributed by atoms with van der Waals surface area (Å²) in [6, 6.07) is 1.27. The van der Waals surface area contributed by atoms with E-state index >= 15 is 0 Å². The average molecular weight is 316 g/mol. The summed E-state index contributed by atoms with van der Waals surface area (Å²) in [5, 5.41) is -0.628. The van der Waals surface area contributed by atoms with Crippen molar-refractivity contribution in [2.45, 2.75) is 45.3 Å². The van der Waals surface area contributed by atoms with Crippen molar-refractivity contribution in [3.63, 3.8) is 0 Å². The van der Waals surface area contributed by atoms with Crippen molar-refractivity contribution in [2.75, 3.05) is 0 Å². The molecule has 1 amide bonds. The summed E-state index contributed by atoms with van der Waals surface area (Å²) in [5.41, 5.74) is 0.553. The molecule has 1 atom stereocenters. The van der Waals surface area contributed by atoms with Crippen LogP contribution in [0, 0.1) is 11.7 Å². The molecule has 21 heavy (non-hydrogen) atoms. The number of hydrogen-bond acceptors (Lipinski definition) is 4. The lowest BCUT2D eigenvalue weighted by Gasteiger charge is -2.15. The Balaban J connectivity index is 2.53. The van der Waals surface area contributed by atoms with Gasteiger partial charge >= 0.3 is 0 Å². The van der Waals surface area contributed by atoms with E-state index in [1.807, 2.05) is 13.8 Å². The monoisotopic (exact) mass is 316 g/mol. The van der Waals surface area contributed by atoms with Crippen molar-refractivity contribution in [1.82, 2.24) is 9.71 Å². The first-order chi connectivity index (χ1) is 9.70. The van der Waals surface area contributed by atoms with Gasteiger partial charge in [0.1, 0.15) is 5.82 Å². The van der Waals surface area contributed by atoms with Gasteiger partial charge in [-0.05, 0) is 37.3 Å². The van der Waals surface area contributed by atoms with Crippen molar-refractivity contribution >= 4 is 15.9 Å². The van der Waals surface area contributed by atoms with Gasteiger partial charge in [0.15, 0.2) is 0 Å². The summed E-state index contributed by atoms with van der Waals surface area (Å²) in [4.78, 5) is 15.4. The minimum atomic E-state index is -3.66. The molecule has 1 N–H and O–H groups in total. The molecule has 0 aliphatic heterocycles. The second-order valence-corrected chi connectivity index (χ2v) is 7.62. The molecule has 0 spiro atoms. The number of hydrogen-bond donors (Lipinski definition) is 1. The number of carbonyl (C=O) groups is 1. The molecule has 0 fully saturated rings. The van der Waals surface area contributed by atoms with Gasteiger partial charge in [-0.3, -0.25) is 14.5 Å². The predicted molar refractivity (Wildman–Crippen MR) is 78.5 cm³/mol. The number of sulfonamides is 1. The van der Waals surface area contributed by atoms with Gasteiger partial charge in [-0.15, -0.1) is 0 Å². The van der Waals surface area contributed by atoms with Crippen molar-refractivity contribution in [3.05, 3.63) is 29.8 Å². The molecule has 1 aromatic heterocycles. The van der Waals surface area contributed by atoms with E-state index in [1.165, 1.54) is 12.3 Å². The molecule has 0 aliphatic rings. The molecular formula is C14H21FN2O3S. The SMILES string of the molecule is CC(C)C[C@@H](C)S(=O)(=O)NC(=O)CCc1cncc(F)c1. The van der Waals surface area contributed by atoms with Gasteiger partial charge in [0.05, 0.1) is 11.4 Å². The number of aryl methyl sites for hydroxylation is 1. The molecule has 1 rings (SSSR count). The first kappa shape index (κ1) is 17.6. The Morgan fingerprint density at radius 2 is 2.00 bits per heavy atom. The van der Waals surface area contributed by atoms with E-state index in [4.69, 9.17) is 0 Å². The number of pyridine rings is 1. The summed E-state index contributed by atoms with van der Waals surface area (Å²) >= 11 is 0. The lowest BCUT2D eigenvalue weighted by Crippen LogP contribution is -2.37. The second kappa shape index (κ2) is 7.49. The maximum atomic E-state index is 12.9. The number of nitrogens with zero attached hydrogens (tertiary/aromatic N) is 1. The topological polar surface area (TPSA) is 76.1 Å². The molecule has 1 aromatic rings. The zero-order valence-corrected chi connectivity index (χ0v) is 13.3. The number of carbonyl (C=O) groups excluding carboxylic acids is 1. The molecule has 1 heterocycles. The normalized spacial score (nSPS) is 13.2. The fourth-order valence-corrected chi connectivity index (χ4v) is 3.21. The van der Waals surface area contributed by atoms with Gasteiger partial charge in [-0.25, -0.2) is 12.8 Å². The first-order valence-electron chi connectivity index (χ1n) is 6.84. The van der Waals surface area contributed by atoms with Crippen LogP contribution in [0.2, 0.25) is 0 Å². The maximum Gasteiger partial charge on any atom is 0.237 e. The highest BCUT2D eigenvalue weighted by molar-refractivity contribution is 7.90. The van der Waals surface area contributed by atoms with E-state index in [2.05, 4.69) is 9.71 Å². The third kappa shape index (κ3) is 6.20. The van der Waals surface area contributed by atoms with Crippen LogP contribution in [-0.2, 0) is 21.2 Å². The van der Waals surface area contributed by atoms with Crippen LogP contribution in [0.5, 0.6) is 0 Å². The minimum Gasteiger partial charge on any atom is -0.274 e. The molecule has 0 bridgehead atoms. The van der Waals surface area contributed by atoms with Crippen molar-refractivity contribution in [1.29, 1.82) is 0 Å². The standard InChI is InChI=1S/C14H21FN2O3S/c1-10(2)6-11(3)21(19,20)17-14(18)5-4-12-7-13(15)9-16-8-12/h7-11H,4-6H2,1-3H3,(H,17,18)/t11-/m1/s1. The zero-order valence-electron chi connectivity index (χ0n) is 12.5. The van der Waals surface area contributed by atoms with E-state index in [0.717, 1.165) is 6.20 Å². The second-order valence-electron chi connectivity index (χ2n) is 5.52. The van der Waals surface area contributed by atoms with Crippen LogP contribution in [0.15, 0.2) is 18.5 Å². The van der Waals surface area contributed by atoms with E-state index in [-0.39, 0.29) is 18.8 Å². The molecule has 0 saturated carbocycles. The van der Waals surface area contributed by atoms with Crippen molar-refractivity contribution in [2.24, 2.45) is 5.92 Å². The first-order valence-corrected chi connectivity index (χ1v) is 8.39. The van der Waals surface area contributed by atoms with Gasteiger partial charge in [0.25, 0.3) is 0 Å². The number of amides is 1. The van der Waals surface area contributed by atoms with Crippen LogP contribution in [-0.4, -0.2) is 24.6 Å². The Labute approximate surface area is 125 Å². The molecule has 0 saturated heterocycles. The summed E-state index contributed by atoms with van der Waals surface area (Å²) in [5.74, 6) is -0.842. The van der Waals surface area contributed by atoms with Gasteiger partial charge < -0.3 is 0 Å². The average Bonchev–Trinajstić information content (AvgIpc) is 2.35. The van der Waals surface area contributed by atoms with Crippen LogP contribution < -0.4 is 4.72 Å². The Hall–Kier alpha value is -1.50. The summed E-state index contributed by atoms with van der Waals surface area (Å²) in [6.07, 6.45) is 3.22. The highest BCUT2D eigenvalue weighted by Crippen LogP contribution is 2.11. The van der Waals surface area contributed by atoms with Crippen LogP contribution >= 0.6 is 0 Å². The van der Waals surface area contributed by atoms with Crippen molar-refractivity contribution < 1.29 is 17.6 Å². The molecule has 0 aliphatic carbocycles. The lowest BCUT2D eigenvalue weighted by molar-refractivity contribution is -0.119. The van der Waals surface area contributed by atoms with Gasteiger partial charge in [-0.2, -0.15) is 0 Å². The molecule has 0 aromatic carbocycles. The number of nitrogens with one attached hydrogen (secondary N) is 1. The highest BCUT2D eigenvalue weighted by Gasteiger charge is 2.23. The fraction of sp³-hybridized carbons (Fsp3) is 0.571. The highest BCUT2D eigenvalue weighted by atomic mass is 32.2. The van der Waals surface area contributed by atoms with E-state index in [9.17, 15) is 17.6 Å². The smallest absolute Gasteiger partial charge is 0.237 e. The predicted octanol–water partition coefficient (Wildman–Crippen LogP) is 2.03. The minimum absolute atomic E-state index is 0.0290. The summed E-state index contributed by atoms with van der Waals surface area (Å²) in [6.45, 7) is 5.42. The van der Waals surface area contributed by atoms with Crippen LogP contribution in [0.25, 0.3) is 0 Å². The zero-order chi connectivity index (χ0) is 16.0. The van der Waals surface area contributed by atoms with Crippen LogP contribution in [0.4, 0.5) is 4.39 Å². The molecule has 0 radical (unpaired) electrons. The fourth-order valence-electron chi connectivity index (χ4n) is 1.95. The quantitative estimate of drug-likeness (QED) is 0.835. The van der Waals surface area contributed by atoms with Gasteiger partial charge in [0.2, 0.25) is 15.9 Å². The largest absolute Gasteiger partial charge is 0.274 e. The molecule has 0 unspecified atom stereocenters. The van der Waals surface area contributed by atoms with Gasteiger partial charge in [-0.1, -0.05) is 13.8 Å². The number of aromatic nitrogens is 1. The third-order valence-corrected chi connectivity index (χ3v) is 4.76. The number of rotatable bonds is 7. The Morgan fingerprint density at radius 3 is 2.57 bits per heavy atom. The number of halogens is 1. The molecular weight excluding hydrogens is 295 g/mol. The Kier molecular flexibility index (Phi) is 6.26. The Bertz CT molecular complexity index is 588. The van der Waals surface area contributed by atoms with E-state index in [0.29, 0.717) is 12.0 Å². The molecule has 118 valence electrons. The lowest BCUT2D eigenvalue weighted by atomic mass is 10.1. The van der Waals surface area contributed by atoms with Gasteiger partial charge in [0, 0.05) is 12.6 Å². The maximum absolute atomic E-state index is 12.9. The van der Waals surface area contributed by atoms with E-state index < -0.39 is 27.0 Å². The molecule has 7 heteroatoms. The van der Waals surface area contributed by atoms with Crippen LogP contribution in [0.1, 0.15) is 39.2 Å². The molecule has 5 nitrogen and oxygen atoms in total. The van der Waals surface area contributed by atoms with E-state index in [1.54, 1.807) is 6.92 Å². The Morgan fingerprint density at radius 1 is 1.33 bits per heavy atom. The summed E-state index contributed by atoms with van der Waals surface area (Å²) in [7, 11) is -3.66. The third-order valence-electron chi connectivity index (χ3n) is 2.99. The van der Waals surface area contributed by atoms with Crippen molar-refractivity contribution in [3.8, 4) is 0 Å².